The van der Waals surface area contributed by atoms with Crippen molar-refractivity contribution in [2.45, 2.75) is 104 Å². The third kappa shape index (κ3) is 6.16. The van der Waals surface area contributed by atoms with E-state index >= 15 is 0 Å². The summed E-state index contributed by atoms with van der Waals surface area (Å²) < 4.78 is 6.10. The lowest BCUT2D eigenvalue weighted by molar-refractivity contribution is -0.0751. The van der Waals surface area contributed by atoms with Gasteiger partial charge in [0.1, 0.15) is 0 Å². The maximum absolute atomic E-state index is 6.10. The minimum atomic E-state index is 0.0766. The first kappa shape index (κ1) is 18.0. The molecule has 0 amide bonds. The average Bonchev–Trinajstić information content (AvgIpc) is 2.91. The van der Waals surface area contributed by atoms with Crippen molar-refractivity contribution in [3.63, 3.8) is 0 Å². The minimum absolute atomic E-state index is 0.0766. The fourth-order valence-corrected chi connectivity index (χ4v) is 4.13. The van der Waals surface area contributed by atoms with Crippen LogP contribution in [0.15, 0.2) is 0 Å². The van der Waals surface area contributed by atoms with Crippen molar-refractivity contribution >= 4 is 0 Å². The van der Waals surface area contributed by atoms with Gasteiger partial charge in [0.15, 0.2) is 0 Å². The molecule has 0 aliphatic heterocycles. The largest absolute Gasteiger partial charge is 0.376 e. The smallest absolute Gasteiger partial charge is 0.0657 e. The van der Waals surface area contributed by atoms with Crippen LogP contribution >= 0.6 is 0 Å². The van der Waals surface area contributed by atoms with Crippen molar-refractivity contribution in [2.24, 2.45) is 11.8 Å². The van der Waals surface area contributed by atoms with Gasteiger partial charge in [0.25, 0.3) is 0 Å². The Labute approximate surface area is 127 Å². The summed E-state index contributed by atoms with van der Waals surface area (Å²) in [5, 5.41) is 0. The van der Waals surface area contributed by atoms with E-state index < -0.39 is 0 Å². The van der Waals surface area contributed by atoms with Crippen LogP contribution < -0.4 is 0 Å². The summed E-state index contributed by atoms with van der Waals surface area (Å²) >= 11 is 0. The average molecular weight is 283 g/mol. The number of ether oxygens (including phenoxy) is 1. The summed E-state index contributed by atoms with van der Waals surface area (Å²) in [6, 6.07) is 0. The summed E-state index contributed by atoms with van der Waals surface area (Å²) in [5.74, 6) is 1.70. The highest BCUT2D eigenvalue weighted by atomic mass is 16.5. The van der Waals surface area contributed by atoms with Gasteiger partial charge in [0, 0.05) is 6.61 Å². The summed E-state index contributed by atoms with van der Waals surface area (Å²) in [4.78, 5) is 0. The summed E-state index contributed by atoms with van der Waals surface area (Å²) in [7, 11) is 0. The zero-order valence-corrected chi connectivity index (χ0v) is 14.5. The fraction of sp³-hybridized carbons (Fsp3) is 1.00. The van der Waals surface area contributed by atoms with Crippen LogP contribution in [0.1, 0.15) is 98.3 Å². The van der Waals surface area contributed by atoms with Crippen molar-refractivity contribution in [1.82, 2.24) is 0 Å². The zero-order chi connectivity index (χ0) is 14.8. The second-order valence-electron chi connectivity index (χ2n) is 7.24. The van der Waals surface area contributed by atoms with Crippen LogP contribution in [0.3, 0.4) is 0 Å². The molecule has 0 spiro atoms. The van der Waals surface area contributed by atoms with E-state index in [2.05, 4.69) is 27.7 Å². The van der Waals surface area contributed by atoms with Crippen molar-refractivity contribution in [3.05, 3.63) is 0 Å². The Hall–Kier alpha value is -0.0400. The molecule has 0 radical (unpaired) electrons. The lowest BCUT2D eigenvalue weighted by atomic mass is 9.76. The number of hydrogen-bond donors (Lipinski definition) is 0. The van der Waals surface area contributed by atoms with Crippen LogP contribution in [-0.2, 0) is 4.74 Å². The monoisotopic (exact) mass is 282 g/mol. The molecule has 1 unspecified atom stereocenters. The number of unbranched alkanes of at least 4 members (excludes halogenated alkanes) is 5. The third-order valence-corrected chi connectivity index (χ3v) is 5.25. The van der Waals surface area contributed by atoms with Crippen molar-refractivity contribution in [2.75, 3.05) is 6.61 Å². The molecular formula is C19H38O. The van der Waals surface area contributed by atoms with Gasteiger partial charge in [-0.1, -0.05) is 71.1 Å². The highest BCUT2D eigenvalue weighted by Crippen LogP contribution is 2.41. The van der Waals surface area contributed by atoms with E-state index in [0.717, 1.165) is 18.4 Å². The molecule has 1 aliphatic carbocycles. The molecule has 0 aromatic carbocycles. The Morgan fingerprint density at radius 3 is 2.15 bits per heavy atom. The first-order valence-corrected chi connectivity index (χ1v) is 9.25. The Morgan fingerprint density at radius 2 is 1.55 bits per heavy atom. The quantitative estimate of drug-likeness (QED) is 0.401. The van der Waals surface area contributed by atoms with Gasteiger partial charge in [-0.05, 0) is 39.0 Å². The maximum Gasteiger partial charge on any atom is 0.0657 e. The molecule has 0 bridgehead atoms. The number of hydrogen-bond acceptors (Lipinski definition) is 1. The van der Waals surface area contributed by atoms with Gasteiger partial charge in [0.2, 0.25) is 0 Å². The molecule has 0 heterocycles. The normalized spacial score (nSPS) is 18.6. The molecule has 0 N–H and O–H groups in total. The van der Waals surface area contributed by atoms with Crippen LogP contribution in [0.5, 0.6) is 0 Å². The molecule has 1 aliphatic rings. The first-order chi connectivity index (χ1) is 9.61. The molecule has 1 atom stereocenters. The SMILES string of the molecule is CCCCCCCCC(C1CCCC1)C(C)(C)OCC. The Morgan fingerprint density at radius 1 is 0.950 bits per heavy atom. The lowest BCUT2D eigenvalue weighted by Crippen LogP contribution is -2.38. The van der Waals surface area contributed by atoms with Crippen LogP contribution in [0, 0.1) is 11.8 Å². The van der Waals surface area contributed by atoms with Crippen LogP contribution in [0.25, 0.3) is 0 Å². The topological polar surface area (TPSA) is 9.23 Å². The Kier molecular flexibility index (Phi) is 8.84. The van der Waals surface area contributed by atoms with Gasteiger partial charge < -0.3 is 4.74 Å². The van der Waals surface area contributed by atoms with Gasteiger partial charge in [-0.25, -0.2) is 0 Å². The lowest BCUT2D eigenvalue weighted by Gasteiger charge is -2.38. The highest BCUT2D eigenvalue weighted by molar-refractivity contribution is 4.87. The van der Waals surface area contributed by atoms with Gasteiger partial charge >= 0.3 is 0 Å². The molecule has 1 rings (SSSR count). The molecule has 0 aromatic rings. The van der Waals surface area contributed by atoms with Crippen molar-refractivity contribution in [1.29, 1.82) is 0 Å². The molecule has 1 fully saturated rings. The van der Waals surface area contributed by atoms with Crippen molar-refractivity contribution in [3.8, 4) is 0 Å². The second-order valence-corrected chi connectivity index (χ2v) is 7.24. The highest BCUT2D eigenvalue weighted by Gasteiger charge is 2.36. The van der Waals surface area contributed by atoms with E-state index in [9.17, 15) is 0 Å². The third-order valence-electron chi connectivity index (χ3n) is 5.25. The molecule has 1 heteroatoms. The van der Waals surface area contributed by atoms with E-state index in [-0.39, 0.29) is 5.60 Å². The standard InChI is InChI=1S/C19H38O/c1-5-7-8-9-10-11-16-18(17-14-12-13-15-17)19(3,4)20-6-2/h17-18H,5-16H2,1-4H3. The molecule has 0 aromatic heterocycles. The minimum Gasteiger partial charge on any atom is -0.376 e. The maximum atomic E-state index is 6.10. The van der Waals surface area contributed by atoms with E-state index in [1.54, 1.807) is 0 Å². The summed E-state index contributed by atoms with van der Waals surface area (Å²) in [5.41, 5.74) is 0.0766. The van der Waals surface area contributed by atoms with Gasteiger partial charge in [-0.2, -0.15) is 0 Å². The van der Waals surface area contributed by atoms with E-state index in [4.69, 9.17) is 4.74 Å². The van der Waals surface area contributed by atoms with E-state index in [1.807, 2.05) is 0 Å². The van der Waals surface area contributed by atoms with E-state index in [1.165, 1.54) is 70.6 Å². The van der Waals surface area contributed by atoms with Gasteiger partial charge in [-0.3, -0.25) is 0 Å². The van der Waals surface area contributed by atoms with Gasteiger partial charge in [-0.15, -0.1) is 0 Å². The van der Waals surface area contributed by atoms with Crippen LogP contribution in [-0.4, -0.2) is 12.2 Å². The molecule has 120 valence electrons. The molecule has 0 saturated heterocycles. The van der Waals surface area contributed by atoms with Crippen LogP contribution in [0.2, 0.25) is 0 Å². The Balaban J connectivity index is 2.38. The van der Waals surface area contributed by atoms with Crippen LogP contribution in [0.4, 0.5) is 0 Å². The predicted octanol–water partition coefficient (Wildman–Crippen LogP) is 6.36. The Bertz CT molecular complexity index is 228. The molecule has 1 saturated carbocycles. The van der Waals surface area contributed by atoms with Gasteiger partial charge in [0.05, 0.1) is 5.60 Å². The van der Waals surface area contributed by atoms with E-state index in [0.29, 0.717) is 0 Å². The van der Waals surface area contributed by atoms with Crippen molar-refractivity contribution < 1.29 is 4.74 Å². The number of rotatable bonds is 11. The first-order valence-electron chi connectivity index (χ1n) is 9.25. The second kappa shape index (κ2) is 9.82. The molecule has 20 heavy (non-hydrogen) atoms. The summed E-state index contributed by atoms with van der Waals surface area (Å²) in [6.07, 6.45) is 15.6. The predicted molar refractivity (Wildman–Crippen MR) is 89.1 cm³/mol. The zero-order valence-electron chi connectivity index (χ0n) is 14.5. The molecule has 1 nitrogen and oxygen atoms in total. The fourth-order valence-electron chi connectivity index (χ4n) is 4.13. The molecular weight excluding hydrogens is 244 g/mol. The summed E-state index contributed by atoms with van der Waals surface area (Å²) in [6.45, 7) is 9.94.